The lowest BCUT2D eigenvalue weighted by molar-refractivity contribution is -0.121. The first kappa shape index (κ1) is 20.0. The molecule has 0 saturated heterocycles. The Morgan fingerprint density at radius 2 is 1.87 bits per heavy atom. The molecule has 154 valence electrons. The van der Waals surface area contributed by atoms with Crippen molar-refractivity contribution in [3.05, 3.63) is 82.1 Å². The molecule has 0 bridgehead atoms. The van der Waals surface area contributed by atoms with Gasteiger partial charge in [-0.3, -0.25) is 14.6 Å². The van der Waals surface area contributed by atoms with Gasteiger partial charge in [-0.15, -0.1) is 0 Å². The van der Waals surface area contributed by atoms with Crippen molar-refractivity contribution in [2.24, 2.45) is 0 Å². The molecule has 2 aromatic heterocycles. The maximum absolute atomic E-state index is 12.9. The third-order valence-corrected chi connectivity index (χ3v) is 5.51. The molecule has 0 fully saturated rings. The van der Waals surface area contributed by atoms with Gasteiger partial charge in [0.15, 0.2) is 0 Å². The van der Waals surface area contributed by atoms with Gasteiger partial charge in [0.25, 0.3) is 5.56 Å². The van der Waals surface area contributed by atoms with E-state index >= 15 is 0 Å². The molecule has 6 nitrogen and oxygen atoms in total. The Balaban J connectivity index is 1.51. The van der Waals surface area contributed by atoms with Crippen LogP contribution in [0.1, 0.15) is 43.4 Å². The number of carbonyl (C=O) groups is 1. The largest absolute Gasteiger partial charge is 0.354 e. The summed E-state index contributed by atoms with van der Waals surface area (Å²) in [6.07, 6.45) is 12.0. The Morgan fingerprint density at radius 3 is 2.63 bits per heavy atom. The second-order valence-corrected chi connectivity index (χ2v) is 7.70. The van der Waals surface area contributed by atoms with Crippen LogP contribution in [0.5, 0.6) is 0 Å². The highest BCUT2D eigenvalue weighted by Gasteiger charge is 2.13. The fourth-order valence-electron chi connectivity index (χ4n) is 3.92. The van der Waals surface area contributed by atoms with Gasteiger partial charge < -0.3 is 5.32 Å². The lowest BCUT2D eigenvalue weighted by Crippen LogP contribution is -2.35. The smallest absolute Gasteiger partial charge is 0.275 e. The Labute approximate surface area is 175 Å². The van der Waals surface area contributed by atoms with Crippen LogP contribution in [-0.2, 0) is 17.8 Å². The second kappa shape index (κ2) is 9.48. The normalized spacial score (nSPS) is 13.8. The molecule has 1 aliphatic carbocycles. The number of hydrogen-bond donors (Lipinski definition) is 1. The predicted molar refractivity (Wildman–Crippen MR) is 117 cm³/mol. The molecule has 2 heterocycles. The van der Waals surface area contributed by atoms with Crippen LogP contribution in [0.2, 0.25) is 0 Å². The number of benzene rings is 1. The first-order chi connectivity index (χ1) is 14.7. The molecule has 1 aliphatic rings. The number of hydrogen-bond acceptors (Lipinski definition) is 4. The number of allylic oxidation sites excluding steroid dienone is 1. The molecule has 0 aliphatic heterocycles. The van der Waals surface area contributed by atoms with Crippen molar-refractivity contribution >= 4 is 16.7 Å². The maximum Gasteiger partial charge on any atom is 0.275 e. The highest BCUT2D eigenvalue weighted by Crippen LogP contribution is 2.19. The number of nitrogens with zero attached hydrogens (tertiary/aromatic N) is 3. The summed E-state index contributed by atoms with van der Waals surface area (Å²) >= 11 is 0. The summed E-state index contributed by atoms with van der Waals surface area (Å²) in [5, 5.41) is 8.88. The molecule has 0 atom stereocenters. The molecule has 3 aromatic rings. The molecule has 1 N–H and O–H groups in total. The zero-order valence-electron chi connectivity index (χ0n) is 17.0. The fraction of sp³-hybridized carbons (Fsp3) is 0.333. The average Bonchev–Trinajstić information content (AvgIpc) is 2.78. The van der Waals surface area contributed by atoms with Crippen LogP contribution in [0.3, 0.4) is 0 Å². The van der Waals surface area contributed by atoms with Gasteiger partial charge in [-0.2, -0.15) is 5.10 Å². The predicted octanol–water partition coefficient (Wildman–Crippen LogP) is 3.39. The van der Waals surface area contributed by atoms with E-state index in [1.54, 1.807) is 18.5 Å². The summed E-state index contributed by atoms with van der Waals surface area (Å²) in [5.41, 5.74) is 3.01. The number of nitrogens with one attached hydrogen (secondary N) is 1. The van der Waals surface area contributed by atoms with Gasteiger partial charge in [0.2, 0.25) is 5.91 Å². The topological polar surface area (TPSA) is 76.9 Å². The third kappa shape index (κ3) is 4.82. The van der Waals surface area contributed by atoms with E-state index in [9.17, 15) is 9.59 Å². The highest BCUT2D eigenvalue weighted by molar-refractivity contribution is 5.84. The van der Waals surface area contributed by atoms with E-state index in [0.29, 0.717) is 18.4 Å². The van der Waals surface area contributed by atoms with Crippen LogP contribution < -0.4 is 10.9 Å². The molecule has 0 radical (unpaired) electrons. The van der Waals surface area contributed by atoms with Crippen molar-refractivity contribution in [2.45, 2.75) is 45.1 Å². The summed E-state index contributed by atoms with van der Waals surface area (Å²) in [4.78, 5) is 29.4. The second-order valence-electron chi connectivity index (χ2n) is 7.70. The lowest BCUT2D eigenvalue weighted by atomic mass is 9.97. The zero-order chi connectivity index (χ0) is 20.8. The van der Waals surface area contributed by atoms with Crippen molar-refractivity contribution in [1.29, 1.82) is 0 Å². The van der Waals surface area contributed by atoms with Gasteiger partial charge in [0.05, 0.1) is 11.1 Å². The fourth-order valence-corrected chi connectivity index (χ4v) is 3.92. The number of amides is 1. The molecular formula is C24H26N4O2. The van der Waals surface area contributed by atoms with Crippen molar-refractivity contribution in [2.75, 3.05) is 6.54 Å². The number of fused-ring (bicyclic) bond motifs is 1. The minimum atomic E-state index is -0.241. The van der Waals surface area contributed by atoms with E-state index in [4.69, 9.17) is 0 Å². The number of rotatable bonds is 7. The van der Waals surface area contributed by atoms with Crippen LogP contribution in [0.15, 0.2) is 65.2 Å². The summed E-state index contributed by atoms with van der Waals surface area (Å²) < 4.78 is 1.29. The van der Waals surface area contributed by atoms with Crippen molar-refractivity contribution in [1.82, 2.24) is 20.1 Å². The molecule has 1 amide bonds. The van der Waals surface area contributed by atoms with Crippen molar-refractivity contribution in [3.63, 3.8) is 0 Å². The molecule has 0 saturated carbocycles. The quantitative estimate of drug-likeness (QED) is 0.615. The van der Waals surface area contributed by atoms with E-state index in [1.165, 1.54) is 23.1 Å². The number of pyridine rings is 1. The first-order valence-electron chi connectivity index (χ1n) is 10.5. The molecular weight excluding hydrogens is 376 g/mol. The Morgan fingerprint density at radius 1 is 1.07 bits per heavy atom. The van der Waals surface area contributed by atoms with Crippen molar-refractivity contribution in [3.8, 4) is 0 Å². The average molecular weight is 402 g/mol. The summed E-state index contributed by atoms with van der Waals surface area (Å²) in [6.45, 7) is 0.517. The molecule has 6 heteroatoms. The van der Waals surface area contributed by atoms with Crippen molar-refractivity contribution < 1.29 is 4.79 Å². The van der Waals surface area contributed by atoms with Gasteiger partial charge in [-0.25, -0.2) is 4.68 Å². The minimum absolute atomic E-state index is 0.0773. The Kier molecular flexibility index (Phi) is 6.32. The Bertz CT molecular complexity index is 1120. The van der Waals surface area contributed by atoms with E-state index in [2.05, 4.69) is 21.5 Å². The minimum Gasteiger partial charge on any atom is -0.354 e. The number of aromatic nitrogens is 3. The van der Waals surface area contributed by atoms with Gasteiger partial charge in [0.1, 0.15) is 6.54 Å². The molecule has 4 rings (SSSR count). The zero-order valence-corrected chi connectivity index (χ0v) is 17.0. The lowest BCUT2D eigenvalue weighted by Gasteiger charge is -2.14. The van der Waals surface area contributed by atoms with Crippen LogP contribution in [0, 0.1) is 0 Å². The van der Waals surface area contributed by atoms with Crippen LogP contribution in [0.25, 0.3) is 10.8 Å². The van der Waals surface area contributed by atoms with Crippen LogP contribution >= 0.6 is 0 Å². The van der Waals surface area contributed by atoms with E-state index < -0.39 is 0 Å². The van der Waals surface area contributed by atoms with Crippen LogP contribution in [0.4, 0.5) is 0 Å². The van der Waals surface area contributed by atoms with Crippen LogP contribution in [-0.4, -0.2) is 27.2 Å². The molecule has 1 aromatic carbocycles. The summed E-state index contributed by atoms with van der Waals surface area (Å²) in [6, 6.07) is 11.3. The van der Waals surface area contributed by atoms with Gasteiger partial charge >= 0.3 is 0 Å². The monoisotopic (exact) mass is 402 g/mol. The Hall–Kier alpha value is -3.28. The van der Waals surface area contributed by atoms with Gasteiger partial charge in [-0.05, 0) is 55.9 Å². The molecule has 0 spiro atoms. The van der Waals surface area contributed by atoms with Gasteiger partial charge in [0, 0.05) is 30.7 Å². The standard InChI is InChI=1S/C24H26N4O2/c29-23(26-15-12-18-6-2-1-3-7-18)17-28-24(30)21-9-5-4-8-20(21)22(27-28)16-19-10-13-25-14-11-19/h4-6,8-11,13-14H,1-3,7,12,15-17H2,(H,26,29). The molecule has 30 heavy (non-hydrogen) atoms. The molecule has 0 unspecified atom stereocenters. The SMILES string of the molecule is O=C(Cn1nc(Cc2ccncc2)c2ccccc2c1=O)NCCC1=CCCCC1. The summed E-state index contributed by atoms with van der Waals surface area (Å²) in [5.74, 6) is -0.189. The van der Waals surface area contributed by atoms with E-state index in [0.717, 1.165) is 35.9 Å². The first-order valence-corrected chi connectivity index (χ1v) is 10.5. The van der Waals surface area contributed by atoms with Gasteiger partial charge in [-0.1, -0.05) is 29.8 Å². The maximum atomic E-state index is 12.9. The summed E-state index contributed by atoms with van der Waals surface area (Å²) in [7, 11) is 0. The van der Waals surface area contributed by atoms with E-state index in [1.807, 2.05) is 30.3 Å². The number of carbonyl (C=O) groups excluding carboxylic acids is 1. The van der Waals surface area contributed by atoms with E-state index in [-0.39, 0.29) is 18.0 Å². The highest BCUT2D eigenvalue weighted by atomic mass is 16.2. The third-order valence-electron chi connectivity index (χ3n) is 5.51.